The number of nitrogens with one attached hydrogen (secondary N) is 1. The van der Waals surface area contributed by atoms with Crippen molar-refractivity contribution in [3.05, 3.63) is 69.7 Å². The second-order valence-electron chi connectivity index (χ2n) is 7.60. The first-order valence-corrected chi connectivity index (χ1v) is 12.4. The van der Waals surface area contributed by atoms with Crippen molar-refractivity contribution in [3.8, 4) is 0 Å². The summed E-state index contributed by atoms with van der Waals surface area (Å²) in [5.41, 5.74) is 1.96. The van der Waals surface area contributed by atoms with E-state index in [0.717, 1.165) is 11.1 Å². The maximum atomic E-state index is 13.2. The Morgan fingerprint density at radius 3 is 2.26 bits per heavy atom. The number of thioether (sulfide) groups is 1. The molecule has 0 fully saturated rings. The average Bonchev–Trinajstić information content (AvgIpc) is 2.73. The number of halogens is 2. The standard InChI is InChI=1S/C24H30Cl2N2O2S/c1-4-22(24(30)27-17(2)3)28(14-13-18-9-6-5-7-10-18)23(29)16-31-15-19-20(25)11-8-12-21(19)26/h5-12,17,22H,4,13-16H2,1-3H3,(H,27,30)/t22-/m1/s1. The lowest BCUT2D eigenvalue weighted by molar-refractivity contribution is -0.139. The van der Waals surface area contributed by atoms with Gasteiger partial charge in [-0.05, 0) is 49.9 Å². The molecule has 0 saturated carbocycles. The van der Waals surface area contributed by atoms with Gasteiger partial charge in [-0.3, -0.25) is 9.59 Å². The van der Waals surface area contributed by atoms with Crippen LogP contribution in [-0.2, 0) is 21.8 Å². The van der Waals surface area contributed by atoms with Gasteiger partial charge in [-0.1, -0.05) is 66.5 Å². The fourth-order valence-corrected chi connectivity index (χ4v) is 4.92. The largest absolute Gasteiger partial charge is 0.352 e. The molecule has 2 aromatic carbocycles. The van der Waals surface area contributed by atoms with Crippen molar-refractivity contribution >= 4 is 46.8 Å². The third-order valence-corrected chi connectivity index (χ3v) is 6.49. The number of nitrogens with zero attached hydrogens (tertiary/aromatic N) is 1. The van der Waals surface area contributed by atoms with Gasteiger partial charge >= 0.3 is 0 Å². The van der Waals surface area contributed by atoms with Crippen LogP contribution in [0, 0.1) is 0 Å². The molecule has 0 aromatic heterocycles. The van der Waals surface area contributed by atoms with Crippen molar-refractivity contribution < 1.29 is 9.59 Å². The maximum absolute atomic E-state index is 13.2. The SMILES string of the molecule is CC[C@H](C(=O)NC(C)C)N(CCc1ccccc1)C(=O)CSCc1c(Cl)cccc1Cl. The van der Waals surface area contributed by atoms with Crippen LogP contribution in [0.5, 0.6) is 0 Å². The highest BCUT2D eigenvalue weighted by Crippen LogP contribution is 2.28. The van der Waals surface area contributed by atoms with Gasteiger partial charge in [0.2, 0.25) is 11.8 Å². The molecule has 0 aliphatic carbocycles. The summed E-state index contributed by atoms with van der Waals surface area (Å²) < 4.78 is 0. The molecule has 0 aliphatic heterocycles. The Morgan fingerprint density at radius 1 is 1.03 bits per heavy atom. The molecule has 1 N–H and O–H groups in total. The van der Waals surface area contributed by atoms with Crippen LogP contribution in [0.15, 0.2) is 48.5 Å². The zero-order valence-corrected chi connectivity index (χ0v) is 20.6. The molecular formula is C24H30Cl2N2O2S. The first kappa shape index (κ1) is 25.6. The van der Waals surface area contributed by atoms with Crippen LogP contribution in [0.1, 0.15) is 38.3 Å². The van der Waals surface area contributed by atoms with Gasteiger partial charge in [0.25, 0.3) is 0 Å². The topological polar surface area (TPSA) is 49.4 Å². The van der Waals surface area contributed by atoms with Crippen molar-refractivity contribution in [2.75, 3.05) is 12.3 Å². The number of hydrogen-bond donors (Lipinski definition) is 1. The maximum Gasteiger partial charge on any atom is 0.242 e. The molecule has 2 amide bonds. The van der Waals surface area contributed by atoms with E-state index in [1.165, 1.54) is 11.8 Å². The summed E-state index contributed by atoms with van der Waals surface area (Å²) in [6.07, 6.45) is 1.25. The van der Waals surface area contributed by atoms with E-state index in [0.29, 0.717) is 35.2 Å². The molecule has 0 radical (unpaired) electrons. The smallest absolute Gasteiger partial charge is 0.242 e. The Labute approximate surface area is 199 Å². The molecule has 0 bridgehead atoms. The highest BCUT2D eigenvalue weighted by atomic mass is 35.5. The summed E-state index contributed by atoms with van der Waals surface area (Å²) in [7, 11) is 0. The van der Waals surface area contributed by atoms with E-state index in [1.54, 1.807) is 23.1 Å². The van der Waals surface area contributed by atoms with Crippen LogP contribution < -0.4 is 5.32 Å². The molecule has 1 atom stereocenters. The molecule has 0 heterocycles. The van der Waals surface area contributed by atoms with Crippen LogP contribution >= 0.6 is 35.0 Å². The molecular weight excluding hydrogens is 451 g/mol. The molecule has 0 aliphatic rings. The lowest BCUT2D eigenvalue weighted by atomic mass is 10.1. The molecule has 0 unspecified atom stereocenters. The van der Waals surface area contributed by atoms with Gasteiger partial charge in [0, 0.05) is 28.4 Å². The quantitative estimate of drug-likeness (QED) is 0.455. The molecule has 0 saturated heterocycles. The fourth-order valence-electron chi connectivity index (χ4n) is 3.27. The van der Waals surface area contributed by atoms with Gasteiger partial charge in [0.05, 0.1) is 5.75 Å². The summed E-state index contributed by atoms with van der Waals surface area (Å²) in [5.74, 6) is 0.612. The number of carbonyl (C=O) groups is 2. The lowest BCUT2D eigenvalue weighted by Crippen LogP contribution is -2.51. The van der Waals surface area contributed by atoms with Gasteiger partial charge in [-0.15, -0.1) is 11.8 Å². The van der Waals surface area contributed by atoms with Crippen LogP contribution in [0.4, 0.5) is 0 Å². The van der Waals surface area contributed by atoms with Crippen molar-refractivity contribution in [3.63, 3.8) is 0 Å². The Balaban J connectivity index is 2.09. The highest BCUT2D eigenvalue weighted by molar-refractivity contribution is 7.99. The Hall–Kier alpha value is -1.69. The zero-order chi connectivity index (χ0) is 22.8. The number of benzene rings is 2. The van der Waals surface area contributed by atoms with Crippen LogP contribution in [-0.4, -0.2) is 41.1 Å². The van der Waals surface area contributed by atoms with Gasteiger partial charge < -0.3 is 10.2 Å². The summed E-state index contributed by atoms with van der Waals surface area (Å²) >= 11 is 13.9. The van der Waals surface area contributed by atoms with E-state index in [2.05, 4.69) is 5.32 Å². The van der Waals surface area contributed by atoms with E-state index >= 15 is 0 Å². The van der Waals surface area contributed by atoms with E-state index in [4.69, 9.17) is 23.2 Å². The normalized spacial score (nSPS) is 11.9. The summed E-state index contributed by atoms with van der Waals surface area (Å²) in [5, 5.41) is 4.14. The van der Waals surface area contributed by atoms with E-state index in [9.17, 15) is 9.59 Å². The summed E-state index contributed by atoms with van der Waals surface area (Å²) in [6, 6.07) is 14.9. The van der Waals surface area contributed by atoms with Crippen LogP contribution in [0.25, 0.3) is 0 Å². The highest BCUT2D eigenvalue weighted by Gasteiger charge is 2.28. The van der Waals surface area contributed by atoms with E-state index in [1.807, 2.05) is 51.1 Å². The van der Waals surface area contributed by atoms with E-state index < -0.39 is 6.04 Å². The Morgan fingerprint density at radius 2 is 1.68 bits per heavy atom. The number of rotatable bonds is 11. The third-order valence-electron chi connectivity index (χ3n) is 4.83. The third kappa shape index (κ3) is 8.06. The fraction of sp³-hybridized carbons (Fsp3) is 0.417. The minimum atomic E-state index is -0.497. The summed E-state index contributed by atoms with van der Waals surface area (Å²) in [4.78, 5) is 27.7. The zero-order valence-electron chi connectivity index (χ0n) is 18.2. The second kappa shape index (κ2) is 13.0. The first-order chi connectivity index (χ1) is 14.8. The number of hydrogen-bond acceptors (Lipinski definition) is 3. The molecule has 2 rings (SSSR count). The summed E-state index contributed by atoms with van der Waals surface area (Å²) in [6.45, 7) is 6.26. The second-order valence-corrected chi connectivity index (χ2v) is 9.40. The molecule has 2 aromatic rings. The van der Waals surface area contributed by atoms with Crippen LogP contribution in [0.2, 0.25) is 10.0 Å². The van der Waals surface area contributed by atoms with E-state index in [-0.39, 0.29) is 23.6 Å². The average molecular weight is 481 g/mol. The molecule has 4 nitrogen and oxygen atoms in total. The van der Waals surface area contributed by atoms with Crippen molar-refractivity contribution in [2.24, 2.45) is 0 Å². The Bertz CT molecular complexity index is 842. The first-order valence-electron chi connectivity index (χ1n) is 10.5. The van der Waals surface area contributed by atoms with Gasteiger partial charge in [-0.25, -0.2) is 0 Å². The molecule has 0 spiro atoms. The van der Waals surface area contributed by atoms with Gasteiger partial charge in [0.1, 0.15) is 6.04 Å². The Kier molecular flexibility index (Phi) is 10.7. The molecule has 7 heteroatoms. The van der Waals surface area contributed by atoms with Gasteiger partial charge in [-0.2, -0.15) is 0 Å². The number of amides is 2. The lowest BCUT2D eigenvalue weighted by Gasteiger charge is -2.31. The minimum absolute atomic E-state index is 0.0179. The van der Waals surface area contributed by atoms with Crippen molar-refractivity contribution in [1.82, 2.24) is 10.2 Å². The van der Waals surface area contributed by atoms with Gasteiger partial charge in [0.15, 0.2) is 0 Å². The minimum Gasteiger partial charge on any atom is -0.352 e. The van der Waals surface area contributed by atoms with Crippen LogP contribution in [0.3, 0.4) is 0 Å². The van der Waals surface area contributed by atoms with Crippen molar-refractivity contribution in [2.45, 2.75) is 51.4 Å². The number of carbonyl (C=O) groups excluding carboxylic acids is 2. The molecule has 168 valence electrons. The molecule has 31 heavy (non-hydrogen) atoms. The predicted molar refractivity (Wildman–Crippen MR) is 132 cm³/mol. The predicted octanol–water partition coefficient (Wildman–Crippen LogP) is 5.60. The van der Waals surface area contributed by atoms with Crippen molar-refractivity contribution in [1.29, 1.82) is 0 Å². The monoisotopic (exact) mass is 480 g/mol.